The van der Waals surface area contributed by atoms with Gasteiger partial charge >= 0.3 is 0 Å². The topological polar surface area (TPSA) is 42.7 Å². The summed E-state index contributed by atoms with van der Waals surface area (Å²) < 4.78 is 29.9. The molecule has 0 aliphatic carbocycles. The van der Waals surface area contributed by atoms with Crippen LogP contribution in [0.5, 0.6) is 0 Å². The highest BCUT2D eigenvalue weighted by atomic mass is 32.2. The van der Waals surface area contributed by atoms with Crippen LogP contribution in [-0.2, 0) is 13.6 Å². The summed E-state index contributed by atoms with van der Waals surface area (Å²) in [5.74, 6) is -0.457. The van der Waals surface area contributed by atoms with Gasteiger partial charge in [0.1, 0.15) is 17.5 Å². The lowest BCUT2D eigenvalue weighted by Crippen LogP contribution is -2.14. The fourth-order valence-corrected chi connectivity index (χ4v) is 2.64. The number of hydrogen-bond acceptors (Lipinski definition) is 4. The third-order valence-corrected chi connectivity index (χ3v) is 4.19. The van der Waals surface area contributed by atoms with Gasteiger partial charge in [-0.1, -0.05) is 6.92 Å². The van der Waals surface area contributed by atoms with Gasteiger partial charge in [-0.05, 0) is 49.3 Å². The number of nitrogens with zero attached hydrogens (tertiary/aromatic N) is 3. The van der Waals surface area contributed by atoms with E-state index < -0.39 is 11.6 Å². The molecule has 1 aromatic carbocycles. The van der Waals surface area contributed by atoms with E-state index in [4.69, 9.17) is 0 Å². The summed E-state index contributed by atoms with van der Waals surface area (Å²) in [7, 11) is 1.76. The zero-order chi connectivity index (χ0) is 15.4. The summed E-state index contributed by atoms with van der Waals surface area (Å²) in [6, 6.07) is 2.72. The zero-order valence-corrected chi connectivity index (χ0v) is 13.1. The Morgan fingerprint density at radius 2 is 1.90 bits per heavy atom. The molecule has 0 saturated carbocycles. The molecule has 1 aromatic heterocycles. The lowest BCUT2D eigenvalue weighted by Gasteiger charge is -2.08. The molecule has 0 atom stereocenters. The first kappa shape index (κ1) is 15.9. The summed E-state index contributed by atoms with van der Waals surface area (Å²) in [4.78, 5) is -0.0512. The molecular weight excluding hydrogens is 294 g/mol. The highest BCUT2D eigenvalue weighted by Crippen LogP contribution is 2.31. The van der Waals surface area contributed by atoms with Crippen LogP contribution in [0.4, 0.5) is 8.78 Å². The fraction of sp³-hybridized carbons (Fsp3) is 0.429. The Kier molecular flexibility index (Phi) is 5.30. The standard InChI is InChI=1S/C14H18F2N4S/c1-4-5-17-8-10-6-11(15)13(12(16)7-10)21-14-19-18-9(2)20(14)3/h6-7,17H,4-5,8H2,1-3H3. The van der Waals surface area contributed by atoms with Gasteiger partial charge in [-0.3, -0.25) is 0 Å². The first-order chi connectivity index (χ1) is 10.0. The van der Waals surface area contributed by atoms with Gasteiger partial charge in [0.2, 0.25) is 0 Å². The van der Waals surface area contributed by atoms with Crippen molar-refractivity contribution in [3.8, 4) is 0 Å². The molecule has 0 aliphatic heterocycles. The maximum absolute atomic E-state index is 14.1. The van der Waals surface area contributed by atoms with E-state index in [0.29, 0.717) is 23.1 Å². The minimum atomic E-state index is -0.575. The van der Waals surface area contributed by atoms with Crippen LogP contribution in [0.25, 0.3) is 0 Å². The molecule has 0 amide bonds. The molecule has 1 heterocycles. The van der Waals surface area contributed by atoms with E-state index >= 15 is 0 Å². The molecular formula is C14H18F2N4S. The van der Waals surface area contributed by atoms with E-state index in [1.165, 1.54) is 12.1 Å². The van der Waals surface area contributed by atoms with Crippen molar-refractivity contribution in [3.05, 3.63) is 35.2 Å². The smallest absolute Gasteiger partial charge is 0.195 e. The van der Waals surface area contributed by atoms with Gasteiger partial charge in [-0.25, -0.2) is 8.78 Å². The number of rotatable bonds is 6. The molecule has 0 radical (unpaired) electrons. The van der Waals surface area contributed by atoms with Crippen LogP contribution in [0.1, 0.15) is 24.7 Å². The first-order valence-electron chi connectivity index (χ1n) is 6.75. The molecule has 0 aliphatic rings. The molecule has 2 aromatic rings. The third-order valence-electron chi connectivity index (χ3n) is 3.06. The minimum Gasteiger partial charge on any atom is -0.313 e. The molecule has 21 heavy (non-hydrogen) atoms. The van der Waals surface area contributed by atoms with E-state index in [9.17, 15) is 8.78 Å². The lowest BCUT2D eigenvalue weighted by atomic mass is 10.2. The van der Waals surface area contributed by atoms with Crippen molar-refractivity contribution in [2.24, 2.45) is 7.05 Å². The van der Waals surface area contributed by atoms with Crippen LogP contribution in [0.2, 0.25) is 0 Å². The summed E-state index contributed by atoms with van der Waals surface area (Å²) in [5.41, 5.74) is 0.594. The summed E-state index contributed by atoms with van der Waals surface area (Å²) in [5, 5.41) is 11.4. The second kappa shape index (κ2) is 7.00. The van der Waals surface area contributed by atoms with Crippen LogP contribution in [-0.4, -0.2) is 21.3 Å². The van der Waals surface area contributed by atoms with Crippen LogP contribution < -0.4 is 5.32 Å². The van der Waals surface area contributed by atoms with Gasteiger partial charge in [0.05, 0.1) is 4.90 Å². The zero-order valence-electron chi connectivity index (χ0n) is 12.3. The lowest BCUT2D eigenvalue weighted by molar-refractivity contribution is 0.533. The monoisotopic (exact) mass is 312 g/mol. The highest BCUT2D eigenvalue weighted by Gasteiger charge is 2.16. The Balaban J connectivity index is 2.19. The first-order valence-corrected chi connectivity index (χ1v) is 7.57. The number of aryl methyl sites for hydroxylation is 1. The van der Waals surface area contributed by atoms with Crippen molar-refractivity contribution in [3.63, 3.8) is 0 Å². The van der Waals surface area contributed by atoms with Crippen LogP contribution >= 0.6 is 11.8 Å². The Morgan fingerprint density at radius 1 is 1.24 bits per heavy atom. The number of aromatic nitrogens is 3. The van der Waals surface area contributed by atoms with E-state index in [1.807, 2.05) is 6.92 Å². The highest BCUT2D eigenvalue weighted by molar-refractivity contribution is 7.99. The molecule has 2 rings (SSSR count). The van der Waals surface area contributed by atoms with Gasteiger partial charge < -0.3 is 9.88 Å². The molecule has 4 nitrogen and oxygen atoms in total. The molecule has 114 valence electrons. The number of halogens is 2. The second-order valence-corrected chi connectivity index (χ2v) is 5.73. The maximum Gasteiger partial charge on any atom is 0.195 e. The number of benzene rings is 1. The molecule has 1 N–H and O–H groups in total. The normalized spacial score (nSPS) is 11.1. The van der Waals surface area contributed by atoms with Gasteiger partial charge in [0.15, 0.2) is 5.16 Å². The van der Waals surface area contributed by atoms with E-state index in [0.717, 1.165) is 24.7 Å². The van der Waals surface area contributed by atoms with E-state index in [1.54, 1.807) is 18.5 Å². The molecule has 0 fully saturated rings. The van der Waals surface area contributed by atoms with Gasteiger partial charge in [0.25, 0.3) is 0 Å². The van der Waals surface area contributed by atoms with Crippen LogP contribution in [0.15, 0.2) is 22.2 Å². The van der Waals surface area contributed by atoms with Gasteiger partial charge in [-0.15, -0.1) is 10.2 Å². The summed E-state index contributed by atoms with van der Waals surface area (Å²) in [6.07, 6.45) is 0.977. The quantitative estimate of drug-likeness (QED) is 0.833. The van der Waals surface area contributed by atoms with Crippen LogP contribution in [0.3, 0.4) is 0 Å². The molecule has 0 bridgehead atoms. The van der Waals surface area contributed by atoms with Crippen LogP contribution in [0, 0.1) is 18.6 Å². The molecule has 0 unspecified atom stereocenters. The second-order valence-electron chi connectivity index (χ2n) is 4.76. The Hall–Kier alpha value is -1.47. The Bertz CT molecular complexity index is 604. The Morgan fingerprint density at radius 3 is 2.43 bits per heavy atom. The largest absolute Gasteiger partial charge is 0.313 e. The average molecular weight is 312 g/mol. The van der Waals surface area contributed by atoms with Crippen molar-refractivity contribution < 1.29 is 8.78 Å². The Labute approximate surface area is 127 Å². The van der Waals surface area contributed by atoms with Crippen molar-refractivity contribution in [1.29, 1.82) is 0 Å². The SMILES string of the molecule is CCCNCc1cc(F)c(Sc2nnc(C)n2C)c(F)c1. The van der Waals surface area contributed by atoms with Crippen molar-refractivity contribution in [2.45, 2.75) is 36.9 Å². The fourth-order valence-electron chi connectivity index (χ4n) is 1.79. The van der Waals surface area contributed by atoms with Gasteiger partial charge in [0, 0.05) is 13.6 Å². The predicted octanol–water partition coefficient (Wildman–Crippen LogP) is 3.05. The minimum absolute atomic E-state index is 0.0512. The maximum atomic E-state index is 14.1. The molecule has 0 spiro atoms. The number of hydrogen-bond donors (Lipinski definition) is 1. The van der Waals surface area contributed by atoms with Crippen molar-refractivity contribution in [1.82, 2.24) is 20.1 Å². The third kappa shape index (κ3) is 3.79. The summed E-state index contributed by atoms with van der Waals surface area (Å²) >= 11 is 0.944. The van der Waals surface area contributed by atoms with Gasteiger partial charge in [-0.2, -0.15) is 0 Å². The van der Waals surface area contributed by atoms with Crippen molar-refractivity contribution >= 4 is 11.8 Å². The van der Waals surface area contributed by atoms with E-state index in [2.05, 4.69) is 15.5 Å². The van der Waals surface area contributed by atoms with E-state index in [-0.39, 0.29) is 4.90 Å². The predicted molar refractivity (Wildman–Crippen MR) is 78.2 cm³/mol. The number of nitrogens with one attached hydrogen (secondary N) is 1. The van der Waals surface area contributed by atoms with Crippen molar-refractivity contribution in [2.75, 3.05) is 6.54 Å². The molecule has 7 heteroatoms. The average Bonchev–Trinajstić information content (AvgIpc) is 2.75. The summed E-state index contributed by atoms with van der Waals surface area (Å²) in [6.45, 7) is 5.09. The molecule has 0 saturated heterocycles.